The summed E-state index contributed by atoms with van der Waals surface area (Å²) in [5, 5.41) is 2.91. The van der Waals surface area contributed by atoms with E-state index in [-0.39, 0.29) is 11.8 Å². The standard InChI is InChI=1S/C22H22N6O3/c23-20(29)16-3-1-4-18(13-16)31-19-6-5-17(14-26-19)27-21(30)15-7-11-28(12-8-15)22-24-9-2-10-25-22/h1-6,9-10,13-15H,7-8,11-12H2,(H2,23,29)(H,27,30). The lowest BCUT2D eigenvalue weighted by Crippen LogP contribution is -2.39. The summed E-state index contributed by atoms with van der Waals surface area (Å²) < 4.78 is 5.65. The number of piperidine rings is 1. The molecule has 1 saturated heterocycles. The Bertz CT molecular complexity index is 1050. The number of amides is 2. The van der Waals surface area contributed by atoms with Crippen molar-refractivity contribution < 1.29 is 14.3 Å². The molecule has 0 atom stereocenters. The second-order valence-corrected chi connectivity index (χ2v) is 7.18. The Morgan fingerprint density at radius 3 is 2.48 bits per heavy atom. The maximum atomic E-state index is 12.6. The van der Waals surface area contributed by atoms with E-state index in [4.69, 9.17) is 10.5 Å². The molecular formula is C22H22N6O3. The number of anilines is 2. The third-order valence-corrected chi connectivity index (χ3v) is 5.05. The second kappa shape index (κ2) is 9.21. The quantitative estimate of drug-likeness (QED) is 0.631. The number of nitrogens with two attached hydrogens (primary N) is 1. The Hall–Kier alpha value is -4.01. The molecule has 0 bridgehead atoms. The van der Waals surface area contributed by atoms with Gasteiger partial charge >= 0.3 is 0 Å². The van der Waals surface area contributed by atoms with Crippen molar-refractivity contribution in [3.8, 4) is 11.6 Å². The Kier molecular flexibility index (Phi) is 6.02. The van der Waals surface area contributed by atoms with Crippen LogP contribution in [-0.4, -0.2) is 39.9 Å². The van der Waals surface area contributed by atoms with E-state index in [0.717, 1.165) is 25.9 Å². The molecule has 2 aromatic heterocycles. The zero-order chi connectivity index (χ0) is 21.6. The van der Waals surface area contributed by atoms with Crippen molar-refractivity contribution in [2.45, 2.75) is 12.8 Å². The number of carbonyl (C=O) groups is 2. The van der Waals surface area contributed by atoms with Crippen LogP contribution in [0.5, 0.6) is 11.6 Å². The molecular weight excluding hydrogens is 396 g/mol. The van der Waals surface area contributed by atoms with Gasteiger partial charge in [0.25, 0.3) is 0 Å². The number of nitrogens with one attached hydrogen (secondary N) is 1. The average molecular weight is 418 g/mol. The minimum atomic E-state index is -0.529. The van der Waals surface area contributed by atoms with Gasteiger partial charge in [-0.05, 0) is 43.2 Å². The van der Waals surface area contributed by atoms with E-state index in [1.165, 1.54) is 6.20 Å². The number of carbonyl (C=O) groups excluding carboxylic acids is 2. The summed E-state index contributed by atoms with van der Waals surface area (Å²) in [4.78, 5) is 38.7. The fourth-order valence-corrected chi connectivity index (χ4v) is 3.39. The minimum Gasteiger partial charge on any atom is -0.439 e. The van der Waals surface area contributed by atoms with Crippen molar-refractivity contribution in [3.05, 3.63) is 66.6 Å². The molecule has 31 heavy (non-hydrogen) atoms. The molecule has 3 heterocycles. The van der Waals surface area contributed by atoms with E-state index in [1.54, 1.807) is 54.9 Å². The molecule has 0 saturated carbocycles. The van der Waals surface area contributed by atoms with Gasteiger partial charge in [0.1, 0.15) is 5.75 Å². The summed E-state index contributed by atoms with van der Waals surface area (Å²) in [5.74, 6) is 0.859. The second-order valence-electron chi connectivity index (χ2n) is 7.18. The third kappa shape index (κ3) is 5.13. The van der Waals surface area contributed by atoms with E-state index in [1.807, 2.05) is 0 Å². The fraction of sp³-hybridized carbons (Fsp3) is 0.227. The number of ether oxygens (including phenoxy) is 1. The van der Waals surface area contributed by atoms with Crippen LogP contribution >= 0.6 is 0 Å². The first-order chi connectivity index (χ1) is 15.1. The van der Waals surface area contributed by atoms with Gasteiger partial charge in [-0.25, -0.2) is 15.0 Å². The van der Waals surface area contributed by atoms with E-state index in [0.29, 0.717) is 28.8 Å². The summed E-state index contributed by atoms with van der Waals surface area (Å²) in [6, 6.07) is 11.7. The number of hydrogen-bond donors (Lipinski definition) is 2. The van der Waals surface area contributed by atoms with E-state index >= 15 is 0 Å². The van der Waals surface area contributed by atoms with Crippen molar-refractivity contribution in [2.24, 2.45) is 11.7 Å². The molecule has 1 aliphatic heterocycles. The molecule has 4 rings (SSSR count). The molecule has 0 spiro atoms. The highest BCUT2D eigenvalue weighted by molar-refractivity contribution is 5.93. The van der Waals surface area contributed by atoms with Gasteiger partial charge in [0.05, 0.1) is 11.9 Å². The van der Waals surface area contributed by atoms with Crippen molar-refractivity contribution in [1.29, 1.82) is 0 Å². The first kappa shape index (κ1) is 20.3. The van der Waals surface area contributed by atoms with Crippen LogP contribution in [0.2, 0.25) is 0 Å². The van der Waals surface area contributed by atoms with Gasteiger partial charge in [0, 0.05) is 43.0 Å². The van der Waals surface area contributed by atoms with Gasteiger partial charge in [0.15, 0.2) is 0 Å². The summed E-state index contributed by atoms with van der Waals surface area (Å²) in [7, 11) is 0. The Morgan fingerprint density at radius 1 is 1.03 bits per heavy atom. The zero-order valence-corrected chi connectivity index (χ0v) is 16.8. The van der Waals surface area contributed by atoms with Crippen LogP contribution in [0, 0.1) is 5.92 Å². The normalized spacial score (nSPS) is 14.1. The highest BCUT2D eigenvalue weighted by Crippen LogP contribution is 2.24. The van der Waals surface area contributed by atoms with Crippen molar-refractivity contribution in [1.82, 2.24) is 15.0 Å². The molecule has 1 fully saturated rings. The van der Waals surface area contributed by atoms with Crippen LogP contribution in [0.25, 0.3) is 0 Å². The number of benzene rings is 1. The summed E-state index contributed by atoms with van der Waals surface area (Å²) in [6.07, 6.45) is 6.44. The summed E-state index contributed by atoms with van der Waals surface area (Å²) in [5.41, 5.74) is 6.23. The first-order valence-electron chi connectivity index (χ1n) is 9.95. The molecule has 1 aromatic carbocycles. The molecule has 1 aliphatic rings. The van der Waals surface area contributed by atoms with Gasteiger partial charge in [-0.15, -0.1) is 0 Å². The number of pyridine rings is 1. The summed E-state index contributed by atoms with van der Waals surface area (Å²) in [6.45, 7) is 1.47. The molecule has 3 N–H and O–H groups in total. The molecule has 0 aliphatic carbocycles. The van der Waals surface area contributed by atoms with Crippen LogP contribution in [0.3, 0.4) is 0 Å². The predicted octanol–water partition coefficient (Wildman–Crippen LogP) is 2.62. The number of primary amides is 1. The van der Waals surface area contributed by atoms with Crippen molar-refractivity contribution >= 4 is 23.5 Å². The van der Waals surface area contributed by atoms with Crippen LogP contribution in [0.4, 0.5) is 11.6 Å². The minimum absolute atomic E-state index is 0.0294. The lowest BCUT2D eigenvalue weighted by molar-refractivity contribution is -0.120. The maximum Gasteiger partial charge on any atom is 0.248 e. The maximum absolute atomic E-state index is 12.6. The first-order valence-corrected chi connectivity index (χ1v) is 9.95. The third-order valence-electron chi connectivity index (χ3n) is 5.05. The van der Waals surface area contributed by atoms with E-state index in [9.17, 15) is 9.59 Å². The number of aromatic nitrogens is 3. The zero-order valence-electron chi connectivity index (χ0n) is 16.8. The smallest absolute Gasteiger partial charge is 0.248 e. The topological polar surface area (TPSA) is 123 Å². The lowest BCUT2D eigenvalue weighted by Gasteiger charge is -2.31. The average Bonchev–Trinajstić information content (AvgIpc) is 2.81. The van der Waals surface area contributed by atoms with Crippen LogP contribution < -0.4 is 20.7 Å². The van der Waals surface area contributed by atoms with Crippen molar-refractivity contribution in [2.75, 3.05) is 23.3 Å². The molecule has 0 radical (unpaired) electrons. The monoisotopic (exact) mass is 418 g/mol. The Morgan fingerprint density at radius 2 is 1.81 bits per heavy atom. The van der Waals surface area contributed by atoms with Crippen LogP contribution in [0.1, 0.15) is 23.2 Å². The Balaban J connectivity index is 1.30. The summed E-state index contributed by atoms with van der Waals surface area (Å²) >= 11 is 0. The molecule has 0 unspecified atom stereocenters. The molecule has 2 amide bonds. The molecule has 3 aromatic rings. The fourth-order valence-electron chi connectivity index (χ4n) is 3.39. The largest absolute Gasteiger partial charge is 0.439 e. The van der Waals surface area contributed by atoms with Crippen LogP contribution in [-0.2, 0) is 4.79 Å². The van der Waals surface area contributed by atoms with Gasteiger partial charge in [-0.3, -0.25) is 9.59 Å². The van der Waals surface area contributed by atoms with Gasteiger partial charge < -0.3 is 20.7 Å². The molecule has 158 valence electrons. The van der Waals surface area contributed by atoms with Gasteiger partial charge in [-0.1, -0.05) is 6.07 Å². The number of rotatable bonds is 6. The molecule has 9 heteroatoms. The highest BCUT2D eigenvalue weighted by Gasteiger charge is 2.26. The van der Waals surface area contributed by atoms with Gasteiger partial charge in [0.2, 0.25) is 23.6 Å². The van der Waals surface area contributed by atoms with Crippen LogP contribution in [0.15, 0.2) is 61.1 Å². The van der Waals surface area contributed by atoms with Crippen molar-refractivity contribution in [3.63, 3.8) is 0 Å². The van der Waals surface area contributed by atoms with E-state index < -0.39 is 5.91 Å². The SMILES string of the molecule is NC(=O)c1cccc(Oc2ccc(NC(=O)C3CCN(c4ncccn4)CC3)cn2)c1. The number of hydrogen-bond acceptors (Lipinski definition) is 7. The highest BCUT2D eigenvalue weighted by atomic mass is 16.5. The van der Waals surface area contributed by atoms with E-state index in [2.05, 4.69) is 25.2 Å². The Labute approximate surface area is 179 Å². The number of nitrogens with zero attached hydrogens (tertiary/aromatic N) is 4. The predicted molar refractivity (Wildman–Crippen MR) is 115 cm³/mol. The van der Waals surface area contributed by atoms with Gasteiger partial charge in [-0.2, -0.15) is 0 Å². The molecule has 9 nitrogen and oxygen atoms in total. The lowest BCUT2D eigenvalue weighted by atomic mass is 9.96.